The number of carbonyl (C=O) groups is 2. The van der Waals surface area contributed by atoms with Crippen LogP contribution in [0.4, 0.5) is 0 Å². The van der Waals surface area contributed by atoms with Crippen LogP contribution in [0.5, 0.6) is 5.75 Å². The van der Waals surface area contributed by atoms with E-state index in [4.69, 9.17) is 9.47 Å². The molecule has 0 spiro atoms. The minimum Gasteiger partial charge on any atom is -0.508 e. The quantitative estimate of drug-likeness (QED) is 0.254. The van der Waals surface area contributed by atoms with E-state index < -0.39 is 29.4 Å². The van der Waals surface area contributed by atoms with Crippen molar-refractivity contribution in [2.24, 2.45) is 11.8 Å². The number of phenols is 1. The molecule has 0 radical (unpaired) electrons. The van der Waals surface area contributed by atoms with Crippen LogP contribution in [0.2, 0.25) is 0 Å². The van der Waals surface area contributed by atoms with Crippen molar-refractivity contribution in [3.8, 4) is 5.75 Å². The van der Waals surface area contributed by atoms with Gasteiger partial charge in [0.1, 0.15) is 23.6 Å². The van der Waals surface area contributed by atoms with Crippen LogP contribution in [-0.2, 0) is 25.5 Å². The molecule has 1 aromatic carbocycles. The number of aromatic hydroxyl groups is 1. The summed E-state index contributed by atoms with van der Waals surface area (Å²) in [4.78, 5) is 24.4. The van der Waals surface area contributed by atoms with E-state index in [-0.39, 0.29) is 30.0 Å². The summed E-state index contributed by atoms with van der Waals surface area (Å²) in [5, 5.41) is 31.3. The minimum atomic E-state index is -1.27. The van der Waals surface area contributed by atoms with Gasteiger partial charge in [0.2, 0.25) is 0 Å². The molecular weight excluding hydrogens is 484 g/mol. The summed E-state index contributed by atoms with van der Waals surface area (Å²) < 4.78 is 11.3. The molecule has 0 amide bonds. The molecule has 2 rings (SSSR count). The van der Waals surface area contributed by atoms with Gasteiger partial charge in [0.05, 0.1) is 5.60 Å². The lowest BCUT2D eigenvalue weighted by molar-refractivity contribution is -0.156. The molecule has 1 aliphatic heterocycles. The SMILES string of the molecule is CC(=O)O[C@H]1/C=C/[C@H](C)[C@@H](/C(C)=C/C=C/C(C)(O)CCc2ccc(O)cc2)OC(=O)C[C@H](C)CC[C@@]1(C)O. The number of esters is 2. The zero-order valence-electron chi connectivity index (χ0n) is 23.5. The number of allylic oxidation sites excluding steroid dienone is 2. The van der Waals surface area contributed by atoms with Gasteiger partial charge in [-0.25, -0.2) is 0 Å². The van der Waals surface area contributed by atoms with Crippen molar-refractivity contribution < 1.29 is 34.4 Å². The van der Waals surface area contributed by atoms with E-state index >= 15 is 0 Å². The highest BCUT2D eigenvalue weighted by Gasteiger charge is 2.34. The number of carbonyl (C=O) groups excluding carboxylic acids is 2. The fourth-order valence-corrected chi connectivity index (χ4v) is 4.45. The van der Waals surface area contributed by atoms with Crippen LogP contribution in [0.3, 0.4) is 0 Å². The summed E-state index contributed by atoms with van der Waals surface area (Å²) in [6, 6.07) is 6.92. The molecule has 1 aromatic rings. The molecule has 0 fully saturated rings. The molecule has 0 bridgehead atoms. The molecule has 6 atom stereocenters. The Hall–Kier alpha value is -2.90. The van der Waals surface area contributed by atoms with Gasteiger partial charge in [0.25, 0.3) is 0 Å². The van der Waals surface area contributed by atoms with E-state index in [2.05, 4.69) is 0 Å². The van der Waals surface area contributed by atoms with E-state index in [1.165, 1.54) is 6.92 Å². The third-order valence-corrected chi connectivity index (χ3v) is 7.01. The molecule has 1 heterocycles. The molecule has 1 aliphatic rings. The van der Waals surface area contributed by atoms with Crippen LogP contribution >= 0.6 is 0 Å². The van der Waals surface area contributed by atoms with E-state index in [0.29, 0.717) is 25.7 Å². The summed E-state index contributed by atoms with van der Waals surface area (Å²) in [6.45, 7) is 10.4. The van der Waals surface area contributed by atoms with Gasteiger partial charge in [-0.3, -0.25) is 9.59 Å². The lowest BCUT2D eigenvalue weighted by Crippen LogP contribution is -2.41. The van der Waals surface area contributed by atoms with Crippen molar-refractivity contribution in [1.29, 1.82) is 0 Å². The second-order valence-electron chi connectivity index (χ2n) is 11.2. The third kappa shape index (κ3) is 10.5. The van der Waals surface area contributed by atoms with Crippen molar-refractivity contribution >= 4 is 11.9 Å². The van der Waals surface area contributed by atoms with Gasteiger partial charge in [0.15, 0.2) is 0 Å². The Kier molecular flexibility index (Phi) is 11.3. The number of aliphatic hydroxyl groups is 2. The van der Waals surface area contributed by atoms with E-state index in [0.717, 1.165) is 11.1 Å². The van der Waals surface area contributed by atoms with Crippen LogP contribution in [0.25, 0.3) is 0 Å². The van der Waals surface area contributed by atoms with E-state index in [9.17, 15) is 24.9 Å². The number of hydrogen-bond acceptors (Lipinski definition) is 7. The number of benzene rings is 1. The molecule has 0 saturated heterocycles. The normalized spacial score (nSPS) is 30.0. The van der Waals surface area contributed by atoms with E-state index in [1.54, 1.807) is 50.3 Å². The minimum absolute atomic E-state index is 0.0147. The Balaban J connectivity index is 2.21. The number of cyclic esters (lactones) is 1. The lowest BCUT2D eigenvalue weighted by Gasteiger charge is -2.32. The third-order valence-electron chi connectivity index (χ3n) is 7.01. The summed E-state index contributed by atoms with van der Waals surface area (Å²) in [7, 11) is 0. The first-order valence-corrected chi connectivity index (χ1v) is 13.3. The van der Waals surface area contributed by atoms with Gasteiger partial charge < -0.3 is 24.8 Å². The molecule has 7 nitrogen and oxygen atoms in total. The first kappa shape index (κ1) is 31.3. The van der Waals surface area contributed by atoms with Crippen LogP contribution in [0.1, 0.15) is 72.8 Å². The maximum absolute atomic E-state index is 12.7. The largest absolute Gasteiger partial charge is 0.508 e. The average Bonchev–Trinajstić information content (AvgIpc) is 2.82. The fourth-order valence-electron chi connectivity index (χ4n) is 4.45. The fraction of sp³-hybridized carbons (Fsp3) is 0.548. The Morgan fingerprint density at radius 3 is 2.50 bits per heavy atom. The summed E-state index contributed by atoms with van der Waals surface area (Å²) in [6.07, 6.45) is 9.70. The molecule has 0 aliphatic carbocycles. The van der Waals surface area contributed by atoms with Gasteiger partial charge in [-0.15, -0.1) is 0 Å². The molecule has 0 saturated carbocycles. The number of ether oxygens (including phenoxy) is 2. The number of rotatable bonds is 7. The molecule has 7 heteroatoms. The van der Waals surface area contributed by atoms with Crippen molar-refractivity contribution in [1.82, 2.24) is 0 Å². The Labute approximate surface area is 226 Å². The standard InChI is InChI=1S/C31H44O7/c1-21-15-19-31(6,36)27(37-24(4)32)14-9-23(3)29(38-28(34)20-21)22(2)8-7-17-30(5,35)18-16-25-10-12-26(33)13-11-25/h7-14,17,21,23,27,29,33,35-36H,15-16,18-20H2,1-6H3/b14-9+,17-7+,22-8+/t21-,23+,27+,29-,30?,31-/m1/s1. The van der Waals surface area contributed by atoms with Crippen molar-refractivity contribution in [3.05, 3.63) is 65.8 Å². The van der Waals surface area contributed by atoms with Gasteiger partial charge in [-0.05, 0) is 81.7 Å². The second kappa shape index (κ2) is 13.8. The van der Waals surface area contributed by atoms with Gasteiger partial charge >= 0.3 is 11.9 Å². The van der Waals surface area contributed by atoms with Gasteiger partial charge in [-0.2, -0.15) is 0 Å². The molecule has 210 valence electrons. The van der Waals surface area contributed by atoms with Crippen LogP contribution < -0.4 is 0 Å². The lowest BCUT2D eigenvalue weighted by atomic mass is 9.87. The van der Waals surface area contributed by atoms with E-state index in [1.807, 2.05) is 39.0 Å². The van der Waals surface area contributed by atoms with Gasteiger partial charge in [0, 0.05) is 19.3 Å². The van der Waals surface area contributed by atoms with Gasteiger partial charge in [-0.1, -0.05) is 50.3 Å². The smallest absolute Gasteiger partial charge is 0.306 e. The Bertz CT molecular complexity index is 1020. The number of phenolic OH excluding ortho intramolecular Hbond substituents is 1. The zero-order valence-corrected chi connectivity index (χ0v) is 23.5. The maximum atomic E-state index is 12.7. The first-order chi connectivity index (χ1) is 17.7. The average molecular weight is 529 g/mol. The summed E-state index contributed by atoms with van der Waals surface area (Å²) in [5.41, 5.74) is -0.513. The van der Waals surface area contributed by atoms with Crippen LogP contribution in [-0.4, -0.2) is 50.7 Å². The predicted molar refractivity (Wildman–Crippen MR) is 147 cm³/mol. The highest BCUT2D eigenvalue weighted by molar-refractivity contribution is 5.70. The molecule has 0 aromatic heterocycles. The highest BCUT2D eigenvalue weighted by atomic mass is 16.6. The van der Waals surface area contributed by atoms with Crippen molar-refractivity contribution in [2.75, 3.05) is 0 Å². The first-order valence-electron chi connectivity index (χ1n) is 13.3. The van der Waals surface area contributed by atoms with Crippen LogP contribution in [0, 0.1) is 11.8 Å². The number of aryl methyl sites for hydroxylation is 1. The monoisotopic (exact) mass is 528 g/mol. The summed E-state index contributed by atoms with van der Waals surface area (Å²) in [5.74, 6) is -0.855. The molecule has 1 unspecified atom stereocenters. The predicted octanol–water partition coefficient (Wildman–Crippen LogP) is 5.19. The second-order valence-corrected chi connectivity index (χ2v) is 11.2. The molecule has 38 heavy (non-hydrogen) atoms. The molecular formula is C31H44O7. The maximum Gasteiger partial charge on any atom is 0.306 e. The summed E-state index contributed by atoms with van der Waals surface area (Å²) >= 11 is 0. The Morgan fingerprint density at radius 1 is 1.21 bits per heavy atom. The topological polar surface area (TPSA) is 113 Å². The van der Waals surface area contributed by atoms with Crippen molar-refractivity contribution in [3.63, 3.8) is 0 Å². The van der Waals surface area contributed by atoms with Crippen LogP contribution in [0.15, 0.2) is 60.2 Å². The molecule has 3 N–H and O–H groups in total. The highest BCUT2D eigenvalue weighted by Crippen LogP contribution is 2.28. The zero-order chi connectivity index (χ0) is 28.5. The number of hydrogen-bond donors (Lipinski definition) is 3. The Morgan fingerprint density at radius 2 is 1.87 bits per heavy atom. The van der Waals surface area contributed by atoms with Crippen molar-refractivity contribution in [2.45, 2.75) is 97.1 Å².